The summed E-state index contributed by atoms with van der Waals surface area (Å²) in [6.45, 7) is 2.57. The van der Waals surface area contributed by atoms with Crippen LogP contribution in [0.5, 0.6) is 0 Å². The number of hydrogen-bond donors (Lipinski definition) is 3. The number of anilines is 2. The average molecular weight is 416 g/mol. The van der Waals surface area contributed by atoms with E-state index in [1.165, 1.54) is 5.56 Å². The molecule has 0 unspecified atom stereocenters. The summed E-state index contributed by atoms with van der Waals surface area (Å²) in [5, 5.41) is 13.7. The van der Waals surface area contributed by atoms with Crippen molar-refractivity contribution in [2.75, 3.05) is 17.2 Å². The van der Waals surface area contributed by atoms with E-state index in [1.807, 2.05) is 6.07 Å². The van der Waals surface area contributed by atoms with Crippen molar-refractivity contribution >= 4 is 40.7 Å². The zero-order chi connectivity index (χ0) is 19.5. The van der Waals surface area contributed by atoms with Crippen molar-refractivity contribution in [3.8, 4) is 0 Å². The van der Waals surface area contributed by atoms with Gasteiger partial charge in [-0.15, -0.1) is 0 Å². The summed E-state index contributed by atoms with van der Waals surface area (Å²) in [6, 6.07) is 14.9. The van der Waals surface area contributed by atoms with E-state index < -0.39 is 0 Å². The molecule has 2 aromatic carbocycles. The summed E-state index contributed by atoms with van der Waals surface area (Å²) in [5.41, 5.74) is 3.93. The first kappa shape index (κ1) is 18.8. The molecule has 0 aliphatic carbocycles. The molecule has 0 saturated carbocycles. The van der Waals surface area contributed by atoms with Gasteiger partial charge in [0.25, 0.3) is 0 Å². The Morgan fingerprint density at radius 1 is 1.11 bits per heavy atom. The second-order valence-corrected chi connectivity index (χ2v) is 7.50. The van der Waals surface area contributed by atoms with Crippen LogP contribution in [-0.2, 0) is 19.5 Å². The molecule has 2 amide bonds. The van der Waals surface area contributed by atoms with Crippen LogP contribution in [0, 0.1) is 0 Å². The quantitative estimate of drug-likeness (QED) is 0.565. The number of aromatic amines is 1. The normalized spacial score (nSPS) is 13.8. The maximum atomic E-state index is 12.3. The second-order valence-electron chi connectivity index (χ2n) is 6.68. The maximum Gasteiger partial charge on any atom is 0.324 e. The van der Waals surface area contributed by atoms with E-state index in [0.717, 1.165) is 37.3 Å². The predicted molar refractivity (Wildman–Crippen MR) is 112 cm³/mol. The number of carbonyl (C=O) groups is 1. The predicted octanol–water partition coefficient (Wildman–Crippen LogP) is 4.92. The Balaban J connectivity index is 1.38. The second kappa shape index (κ2) is 8.22. The molecular formula is C20H19Cl2N5O. The number of halogens is 2. The molecule has 0 atom stereocenters. The highest BCUT2D eigenvalue weighted by atomic mass is 35.5. The fourth-order valence-electron chi connectivity index (χ4n) is 3.30. The van der Waals surface area contributed by atoms with Crippen LogP contribution in [0.1, 0.15) is 16.8 Å². The highest BCUT2D eigenvalue weighted by Gasteiger charge is 2.23. The number of amides is 2. The Hall–Kier alpha value is -2.54. The third-order valence-electron chi connectivity index (χ3n) is 4.67. The van der Waals surface area contributed by atoms with Gasteiger partial charge in [0.1, 0.15) is 0 Å². The average Bonchev–Trinajstić information content (AvgIpc) is 3.07. The van der Waals surface area contributed by atoms with Crippen molar-refractivity contribution in [3.63, 3.8) is 0 Å². The Kier molecular flexibility index (Phi) is 5.52. The van der Waals surface area contributed by atoms with E-state index in [1.54, 1.807) is 18.2 Å². The number of urea groups is 1. The number of nitrogens with one attached hydrogen (secondary N) is 3. The lowest BCUT2D eigenvalue weighted by Gasteiger charge is -2.26. The molecule has 3 N–H and O–H groups in total. The van der Waals surface area contributed by atoms with Gasteiger partial charge in [0, 0.05) is 30.9 Å². The standard InChI is InChI=1S/C20H19Cl2N5O/c21-16-7-6-14(10-17(16)22)23-20(28)24-19-15-8-9-27(12-18(15)25-26-19)11-13-4-2-1-3-5-13/h1-7,10H,8-9,11-12H2,(H3,23,24,25,26,28). The summed E-state index contributed by atoms with van der Waals surface area (Å²) in [6.07, 6.45) is 0.820. The molecule has 6 nitrogen and oxygen atoms in total. The summed E-state index contributed by atoms with van der Waals surface area (Å²) >= 11 is 11.9. The molecule has 8 heteroatoms. The van der Waals surface area contributed by atoms with Gasteiger partial charge in [-0.1, -0.05) is 53.5 Å². The topological polar surface area (TPSA) is 73.0 Å². The molecule has 0 fully saturated rings. The fraction of sp³-hybridized carbons (Fsp3) is 0.200. The minimum absolute atomic E-state index is 0.376. The van der Waals surface area contributed by atoms with E-state index >= 15 is 0 Å². The Bertz CT molecular complexity index is 990. The molecule has 2 heterocycles. The molecule has 0 bridgehead atoms. The van der Waals surface area contributed by atoms with Crippen molar-refractivity contribution in [3.05, 3.63) is 75.4 Å². The molecule has 28 heavy (non-hydrogen) atoms. The van der Waals surface area contributed by atoms with Gasteiger partial charge in [0.15, 0.2) is 5.82 Å². The highest BCUT2D eigenvalue weighted by Crippen LogP contribution is 2.26. The molecular weight excluding hydrogens is 397 g/mol. The maximum absolute atomic E-state index is 12.3. The number of aromatic nitrogens is 2. The summed E-state index contributed by atoms with van der Waals surface area (Å²) in [5.74, 6) is 0.562. The van der Waals surface area contributed by atoms with Gasteiger partial charge < -0.3 is 5.32 Å². The van der Waals surface area contributed by atoms with E-state index in [4.69, 9.17) is 23.2 Å². The number of nitrogens with zero attached hydrogens (tertiary/aromatic N) is 2. The number of fused-ring (bicyclic) bond motifs is 1. The van der Waals surface area contributed by atoms with E-state index in [-0.39, 0.29) is 6.03 Å². The number of H-pyrrole nitrogens is 1. The molecule has 144 valence electrons. The monoisotopic (exact) mass is 415 g/mol. The van der Waals surface area contributed by atoms with E-state index in [0.29, 0.717) is 21.6 Å². The van der Waals surface area contributed by atoms with Crippen LogP contribution in [0.4, 0.5) is 16.3 Å². The van der Waals surface area contributed by atoms with Crippen molar-refractivity contribution in [1.82, 2.24) is 15.1 Å². The molecule has 1 aliphatic rings. The Morgan fingerprint density at radius 2 is 1.93 bits per heavy atom. The van der Waals surface area contributed by atoms with Gasteiger partial charge in [0.2, 0.25) is 0 Å². The third-order valence-corrected chi connectivity index (χ3v) is 5.41. The van der Waals surface area contributed by atoms with Crippen LogP contribution in [0.2, 0.25) is 10.0 Å². The van der Waals surface area contributed by atoms with Crippen LogP contribution in [0.25, 0.3) is 0 Å². The van der Waals surface area contributed by atoms with Crippen LogP contribution in [0.15, 0.2) is 48.5 Å². The zero-order valence-corrected chi connectivity index (χ0v) is 16.5. The van der Waals surface area contributed by atoms with Crippen LogP contribution >= 0.6 is 23.2 Å². The molecule has 1 aromatic heterocycles. The van der Waals surface area contributed by atoms with E-state index in [2.05, 4.69) is 50.0 Å². The largest absolute Gasteiger partial charge is 0.324 e. The zero-order valence-electron chi connectivity index (χ0n) is 15.0. The lowest BCUT2D eigenvalue weighted by atomic mass is 10.1. The first-order chi connectivity index (χ1) is 13.6. The van der Waals surface area contributed by atoms with Gasteiger partial charge in [-0.05, 0) is 30.2 Å². The molecule has 1 aliphatic heterocycles. The molecule has 0 saturated heterocycles. The van der Waals surface area contributed by atoms with Crippen LogP contribution in [0.3, 0.4) is 0 Å². The Labute approximate surface area is 172 Å². The highest BCUT2D eigenvalue weighted by molar-refractivity contribution is 6.42. The summed E-state index contributed by atoms with van der Waals surface area (Å²) in [4.78, 5) is 14.7. The first-order valence-electron chi connectivity index (χ1n) is 8.94. The molecule has 0 radical (unpaired) electrons. The Morgan fingerprint density at radius 3 is 2.71 bits per heavy atom. The van der Waals surface area contributed by atoms with Gasteiger partial charge in [-0.2, -0.15) is 5.10 Å². The summed E-state index contributed by atoms with van der Waals surface area (Å²) < 4.78 is 0. The third kappa shape index (κ3) is 4.30. The van der Waals surface area contributed by atoms with Crippen LogP contribution in [-0.4, -0.2) is 27.7 Å². The molecule has 4 rings (SSSR count). The smallest absolute Gasteiger partial charge is 0.308 e. The number of benzene rings is 2. The number of hydrogen-bond acceptors (Lipinski definition) is 3. The lowest BCUT2D eigenvalue weighted by molar-refractivity contribution is 0.242. The number of rotatable bonds is 4. The van der Waals surface area contributed by atoms with Gasteiger partial charge in [-0.25, -0.2) is 4.79 Å². The minimum atomic E-state index is -0.376. The molecule has 3 aromatic rings. The van der Waals surface area contributed by atoms with E-state index in [9.17, 15) is 4.79 Å². The number of carbonyl (C=O) groups excluding carboxylic acids is 1. The lowest BCUT2D eigenvalue weighted by Crippen LogP contribution is -2.30. The van der Waals surface area contributed by atoms with Crippen molar-refractivity contribution in [2.24, 2.45) is 0 Å². The van der Waals surface area contributed by atoms with Crippen molar-refractivity contribution in [2.45, 2.75) is 19.5 Å². The van der Waals surface area contributed by atoms with Crippen LogP contribution < -0.4 is 10.6 Å². The van der Waals surface area contributed by atoms with Gasteiger partial charge in [-0.3, -0.25) is 15.3 Å². The first-order valence-corrected chi connectivity index (χ1v) is 9.69. The SMILES string of the molecule is O=C(Nc1ccc(Cl)c(Cl)c1)Nc1n[nH]c2c1CCN(Cc1ccccc1)C2. The van der Waals surface area contributed by atoms with Gasteiger partial charge in [0.05, 0.1) is 15.7 Å². The van der Waals surface area contributed by atoms with Gasteiger partial charge >= 0.3 is 6.03 Å². The van der Waals surface area contributed by atoms with Crippen molar-refractivity contribution in [1.29, 1.82) is 0 Å². The summed E-state index contributed by atoms with van der Waals surface area (Å²) in [7, 11) is 0. The van der Waals surface area contributed by atoms with Crippen molar-refractivity contribution < 1.29 is 4.79 Å². The minimum Gasteiger partial charge on any atom is -0.308 e. The fourth-order valence-corrected chi connectivity index (χ4v) is 3.60. The molecule has 0 spiro atoms.